The van der Waals surface area contributed by atoms with Crippen LogP contribution in [-0.2, 0) is 13.0 Å². The topological polar surface area (TPSA) is 74.3 Å². The molecule has 1 aromatic carbocycles. The van der Waals surface area contributed by atoms with E-state index in [1.807, 2.05) is 12.1 Å². The van der Waals surface area contributed by atoms with Gasteiger partial charge in [-0.1, -0.05) is 12.1 Å². The van der Waals surface area contributed by atoms with Gasteiger partial charge in [0.25, 0.3) is 0 Å². The van der Waals surface area contributed by atoms with Gasteiger partial charge in [0.1, 0.15) is 0 Å². The lowest BCUT2D eigenvalue weighted by Gasteiger charge is -2.12. The highest BCUT2D eigenvalue weighted by atomic mass is 16.5. The van der Waals surface area contributed by atoms with Crippen LogP contribution in [0.15, 0.2) is 47.7 Å². The van der Waals surface area contributed by atoms with E-state index in [2.05, 4.69) is 56.9 Å². The minimum Gasteiger partial charge on any atom is -0.481 e. The number of H-pyrrole nitrogens is 1. The van der Waals surface area contributed by atoms with Crippen LogP contribution in [0.4, 0.5) is 0 Å². The molecular formula is C20H25N5O. The van der Waals surface area contributed by atoms with Crippen molar-refractivity contribution in [1.82, 2.24) is 20.6 Å². The Hall–Kier alpha value is -3.02. The van der Waals surface area contributed by atoms with Crippen LogP contribution in [-0.4, -0.2) is 36.6 Å². The van der Waals surface area contributed by atoms with Gasteiger partial charge in [-0.05, 0) is 42.2 Å². The number of ether oxygens (including phenoxy) is 1. The van der Waals surface area contributed by atoms with E-state index in [0.717, 1.165) is 24.5 Å². The molecule has 3 aromatic rings. The Balaban J connectivity index is 1.52. The molecule has 136 valence electrons. The normalized spacial score (nSPS) is 11.6. The summed E-state index contributed by atoms with van der Waals surface area (Å²) >= 11 is 0. The minimum absolute atomic E-state index is 0.613. The van der Waals surface area contributed by atoms with Crippen LogP contribution in [0.25, 0.3) is 10.9 Å². The Kier molecular flexibility index (Phi) is 5.73. The van der Waals surface area contributed by atoms with E-state index in [1.54, 1.807) is 20.4 Å². The summed E-state index contributed by atoms with van der Waals surface area (Å²) in [5, 5.41) is 7.95. The number of fused-ring (bicyclic) bond motifs is 1. The van der Waals surface area contributed by atoms with Crippen LogP contribution in [0, 0.1) is 6.92 Å². The fourth-order valence-corrected chi connectivity index (χ4v) is 2.90. The molecule has 3 N–H and O–H groups in total. The average molecular weight is 351 g/mol. The molecule has 6 heteroatoms. The molecule has 0 aliphatic carbocycles. The quantitative estimate of drug-likeness (QED) is 0.472. The van der Waals surface area contributed by atoms with Crippen LogP contribution in [0.5, 0.6) is 5.88 Å². The Morgan fingerprint density at radius 1 is 1.23 bits per heavy atom. The van der Waals surface area contributed by atoms with Gasteiger partial charge in [-0.25, -0.2) is 4.98 Å². The number of aryl methyl sites for hydroxylation is 1. The largest absolute Gasteiger partial charge is 0.481 e. The molecule has 0 aliphatic heterocycles. The summed E-state index contributed by atoms with van der Waals surface area (Å²) in [6, 6.07) is 10.4. The molecule has 6 nitrogen and oxygen atoms in total. The van der Waals surface area contributed by atoms with Crippen LogP contribution in [0.3, 0.4) is 0 Å². The third kappa shape index (κ3) is 4.33. The molecule has 26 heavy (non-hydrogen) atoms. The van der Waals surface area contributed by atoms with Crippen molar-refractivity contribution in [2.45, 2.75) is 19.9 Å². The number of hydrogen-bond donors (Lipinski definition) is 3. The monoisotopic (exact) mass is 351 g/mol. The Labute approximate surface area is 153 Å². The zero-order chi connectivity index (χ0) is 18.4. The van der Waals surface area contributed by atoms with Crippen LogP contribution >= 0.6 is 0 Å². The number of aromatic amines is 1. The van der Waals surface area contributed by atoms with Crippen molar-refractivity contribution in [2.24, 2.45) is 4.99 Å². The van der Waals surface area contributed by atoms with E-state index >= 15 is 0 Å². The van der Waals surface area contributed by atoms with E-state index in [-0.39, 0.29) is 0 Å². The Bertz CT molecular complexity index is 900. The number of rotatable bonds is 6. The molecule has 2 aromatic heterocycles. The predicted molar refractivity (Wildman–Crippen MR) is 106 cm³/mol. The van der Waals surface area contributed by atoms with E-state index in [4.69, 9.17) is 4.74 Å². The molecule has 0 fully saturated rings. The first-order chi connectivity index (χ1) is 12.7. The van der Waals surface area contributed by atoms with Crippen molar-refractivity contribution < 1.29 is 4.74 Å². The number of nitrogens with zero attached hydrogens (tertiary/aromatic N) is 2. The van der Waals surface area contributed by atoms with Gasteiger partial charge in [0.2, 0.25) is 5.88 Å². The van der Waals surface area contributed by atoms with Crippen molar-refractivity contribution in [1.29, 1.82) is 0 Å². The molecule has 0 bridgehead atoms. The smallest absolute Gasteiger partial charge is 0.213 e. The van der Waals surface area contributed by atoms with Gasteiger partial charge in [-0.3, -0.25) is 4.99 Å². The van der Waals surface area contributed by atoms with Crippen molar-refractivity contribution in [3.63, 3.8) is 0 Å². The lowest BCUT2D eigenvalue weighted by atomic mass is 10.1. The molecule has 2 heterocycles. The summed E-state index contributed by atoms with van der Waals surface area (Å²) in [6.45, 7) is 3.57. The second-order valence-electron chi connectivity index (χ2n) is 6.17. The molecular weight excluding hydrogens is 326 g/mol. The van der Waals surface area contributed by atoms with Crippen molar-refractivity contribution in [3.05, 3.63) is 59.4 Å². The number of pyridine rings is 1. The number of methoxy groups -OCH3 is 1. The first-order valence-corrected chi connectivity index (χ1v) is 8.69. The summed E-state index contributed by atoms with van der Waals surface area (Å²) < 4.78 is 5.15. The van der Waals surface area contributed by atoms with Crippen LogP contribution in [0.1, 0.15) is 16.7 Å². The van der Waals surface area contributed by atoms with Gasteiger partial charge in [-0.15, -0.1) is 0 Å². The Morgan fingerprint density at radius 2 is 2.12 bits per heavy atom. The number of aromatic nitrogens is 2. The minimum atomic E-state index is 0.613. The van der Waals surface area contributed by atoms with Gasteiger partial charge in [-0.2, -0.15) is 0 Å². The standard InChI is InChI=1S/C20H25N5O/c1-14-4-5-17-16(13-24-18(17)10-14)7-9-23-20(21-2)25-12-15-6-8-22-19(11-15)26-3/h4-6,8,10-11,13,24H,7,9,12H2,1-3H3,(H2,21,23,25). The summed E-state index contributed by atoms with van der Waals surface area (Å²) in [4.78, 5) is 11.7. The lowest BCUT2D eigenvalue weighted by molar-refractivity contribution is 0.397. The van der Waals surface area contributed by atoms with Crippen molar-refractivity contribution in [2.75, 3.05) is 20.7 Å². The molecule has 0 aliphatic rings. The molecule has 0 spiro atoms. The first-order valence-electron chi connectivity index (χ1n) is 8.69. The molecule has 0 unspecified atom stereocenters. The van der Waals surface area contributed by atoms with Gasteiger partial charge >= 0.3 is 0 Å². The second kappa shape index (κ2) is 8.38. The van der Waals surface area contributed by atoms with Gasteiger partial charge in [0, 0.05) is 49.5 Å². The summed E-state index contributed by atoms with van der Waals surface area (Å²) in [5.41, 5.74) is 4.85. The lowest BCUT2D eigenvalue weighted by Crippen LogP contribution is -2.37. The molecule has 0 radical (unpaired) electrons. The molecule has 0 atom stereocenters. The second-order valence-corrected chi connectivity index (χ2v) is 6.17. The Morgan fingerprint density at radius 3 is 2.92 bits per heavy atom. The zero-order valence-electron chi connectivity index (χ0n) is 15.5. The van der Waals surface area contributed by atoms with Crippen LogP contribution in [0.2, 0.25) is 0 Å². The highest BCUT2D eigenvalue weighted by molar-refractivity contribution is 5.84. The summed E-state index contributed by atoms with van der Waals surface area (Å²) in [6.07, 6.45) is 4.75. The zero-order valence-corrected chi connectivity index (χ0v) is 15.5. The third-order valence-corrected chi connectivity index (χ3v) is 4.30. The number of hydrogen-bond acceptors (Lipinski definition) is 3. The molecule has 0 amide bonds. The van der Waals surface area contributed by atoms with E-state index in [9.17, 15) is 0 Å². The molecule has 0 saturated heterocycles. The van der Waals surface area contributed by atoms with E-state index in [1.165, 1.54) is 22.0 Å². The number of guanidine groups is 1. The third-order valence-electron chi connectivity index (χ3n) is 4.30. The average Bonchev–Trinajstić information content (AvgIpc) is 3.06. The number of nitrogens with one attached hydrogen (secondary N) is 3. The fraction of sp³-hybridized carbons (Fsp3) is 0.300. The van der Waals surface area contributed by atoms with Gasteiger partial charge < -0.3 is 20.4 Å². The molecule has 3 rings (SSSR count). The maximum Gasteiger partial charge on any atom is 0.213 e. The van der Waals surface area contributed by atoms with Gasteiger partial charge in [0.15, 0.2) is 5.96 Å². The summed E-state index contributed by atoms with van der Waals surface area (Å²) in [7, 11) is 3.39. The van der Waals surface area contributed by atoms with E-state index < -0.39 is 0 Å². The highest BCUT2D eigenvalue weighted by Gasteiger charge is 2.05. The number of aliphatic imine (C=N–C) groups is 1. The van der Waals surface area contributed by atoms with Gasteiger partial charge in [0.05, 0.1) is 7.11 Å². The van der Waals surface area contributed by atoms with Crippen LogP contribution < -0.4 is 15.4 Å². The number of benzene rings is 1. The SMILES string of the molecule is CN=C(NCCc1c[nH]c2cc(C)ccc12)NCc1ccnc(OC)c1. The highest BCUT2D eigenvalue weighted by Crippen LogP contribution is 2.19. The van der Waals surface area contributed by atoms with E-state index in [0.29, 0.717) is 12.4 Å². The summed E-state index contributed by atoms with van der Waals surface area (Å²) in [5.74, 6) is 1.39. The molecule has 0 saturated carbocycles. The predicted octanol–water partition coefficient (Wildman–Crippen LogP) is 2.79. The fourth-order valence-electron chi connectivity index (χ4n) is 2.90. The van der Waals surface area contributed by atoms with Crippen molar-refractivity contribution in [3.8, 4) is 5.88 Å². The maximum atomic E-state index is 5.15. The maximum absolute atomic E-state index is 5.15. The first kappa shape index (κ1) is 17.8. The van der Waals surface area contributed by atoms with Crippen molar-refractivity contribution >= 4 is 16.9 Å².